The van der Waals surface area contributed by atoms with Crippen LogP contribution in [0.2, 0.25) is 0 Å². The van der Waals surface area contributed by atoms with Crippen molar-refractivity contribution in [3.63, 3.8) is 0 Å². The normalized spacial score (nSPS) is 9.74. The van der Waals surface area contributed by atoms with Crippen LogP contribution in [0, 0.1) is 6.92 Å². The van der Waals surface area contributed by atoms with Crippen molar-refractivity contribution in [2.75, 3.05) is 0 Å². The number of aryl methyl sites for hydroxylation is 1. The Balaban J connectivity index is 1.98. The van der Waals surface area contributed by atoms with E-state index in [1.807, 2.05) is 37.3 Å². The number of benzene rings is 1. The van der Waals surface area contributed by atoms with Crippen molar-refractivity contribution in [3.8, 4) is 0 Å². The van der Waals surface area contributed by atoms with Gasteiger partial charge in [-0.25, -0.2) is 0 Å². The van der Waals surface area contributed by atoms with Gasteiger partial charge in [-0.15, -0.1) is 0 Å². The number of carbonyl (C=O) groups excluding carboxylic acids is 1. The van der Waals surface area contributed by atoms with Gasteiger partial charge < -0.3 is 0 Å². The third-order valence-corrected chi connectivity index (χ3v) is 2.73. The number of amides is 1. The molecule has 0 aliphatic carbocycles. The highest BCUT2D eigenvalue weighted by atomic mass is 16.2. The second-order valence-corrected chi connectivity index (χ2v) is 4.11. The second kappa shape index (κ2) is 5.82. The standard InChI is InChI=1S/C15H15N3O/c1-11-6-3-4-8-14(11)15(19)18-17-12(2)13-7-5-9-16-10-13/h3-10,17H,2H2,1H3,(H,18,19). The van der Waals surface area contributed by atoms with Gasteiger partial charge in [0.05, 0.1) is 5.70 Å². The summed E-state index contributed by atoms with van der Waals surface area (Å²) >= 11 is 0. The lowest BCUT2D eigenvalue weighted by molar-refractivity contribution is 0.0942. The number of rotatable bonds is 4. The van der Waals surface area contributed by atoms with Crippen molar-refractivity contribution in [1.29, 1.82) is 0 Å². The van der Waals surface area contributed by atoms with E-state index in [2.05, 4.69) is 22.4 Å². The van der Waals surface area contributed by atoms with Crippen molar-refractivity contribution >= 4 is 11.6 Å². The number of hydrogen-bond donors (Lipinski definition) is 2. The molecule has 2 N–H and O–H groups in total. The average Bonchev–Trinajstić information content (AvgIpc) is 2.46. The zero-order chi connectivity index (χ0) is 13.7. The highest BCUT2D eigenvalue weighted by molar-refractivity contribution is 5.95. The summed E-state index contributed by atoms with van der Waals surface area (Å²) in [5, 5.41) is 0. The van der Waals surface area contributed by atoms with Crippen molar-refractivity contribution in [2.24, 2.45) is 0 Å². The predicted molar refractivity (Wildman–Crippen MR) is 75.1 cm³/mol. The van der Waals surface area contributed by atoms with E-state index in [0.717, 1.165) is 11.1 Å². The topological polar surface area (TPSA) is 54.0 Å². The number of pyridine rings is 1. The van der Waals surface area contributed by atoms with E-state index in [9.17, 15) is 4.79 Å². The summed E-state index contributed by atoms with van der Waals surface area (Å²) in [6.45, 7) is 5.74. The molecular weight excluding hydrogens is 238 g/mol. The molecule has 4 heteroatoms. The molecule has 2 aromatic rings. The summed E-state index contributed by atoms with van der Waals surface area (Å²) in [5.41, 5.74) is 8.39. The van der Waals surface area contributed by atoms with Gasteiger partial charge in [-0.3, -0.25) is 20.6 Å². The molecule has 0 aliphatic rings. The fraction of sp³-hybridized carbons (Fsp3) is 0.0667. The molecule has 0 spiro atoms. The van der Waals surface area contributed by atoms with Crippen LogP contribution in [0.1, 0.15) is 21.5 Å². The van der Waals surface area contributed by atoms with Crippen molar-refractivity contribution in [2.45, 2.75) is 6.92 Å². The van der Waals surface area contributed by atoms with Gasteiger partial charge in [0.25, 0.3) is 5.91 Å². The van der Waals surface area contributed by atoms with Gasteiger partial charge in [-0.2, -0.15) is 0 Å². The van der Waals surface area contributed by atoms with Crippen LogP contribution in [0.5, 0.6) is 0 Å². The zero-order valence-corrected chi connectivity index (χ0v) is 10.7. The highest BCUT2D eigenvalue weighted by Gasteiger charge is 2.07. The first-order valence-electron chi connectivity index (χ1n) is 5.90. The first-order chi connectivity index (χ1) is 9.18. The molecule has 96 valence electrons. The Labute approximate surface area is 112 Å². The van der Waals surface area contributed by atoms with Crippen LogP contribution < -0.4 is 10.9 Å². The minimum atomic E-state index is -0.192. The molecule has 0 saturated carbocycles. The number of hydrogen-bond acceptors (Lipinski definition) is 3. The third kappa shape index (κ3) is 3.19. The Hall–Kier alpha value is -2.62. The monoisotopic (exact) mass is 253 g/mol. The van der Waals surface area contributed by atoms with E-state index in [4.69, 9.17) is 0 Å². The molecule has 1 heterocycles. The Morgan fingerprint density at radius 1 is 1.16 bits per heavy atom. The maximum absolute atomic E-state index is 12.0. The van der Waals surface area contributed by atoms with Gasteiger partial charge in [0, 0.05) is 23.5 Å². The zero-order valence-electron chi connectivity index (χ0n) is 10.7. The maximum atomic E-state index is 12.0. The van der Waals surface area contributed by atoms with Crippen LogP contribution in [-0.4, -0.2) is 10.9 Å². The van der Waals surface area contributed by atoms with Crippen LogP contribution in [0.25, 0.3) is 5.70 Å². The first-order valence-corrected chi connectivity index (χ1v) is 5.90. The van der Waals surface area contributed by atoms with Crippen LogP contribution in [0.4, 0.5) is 0 Å². The highest BCUT2D eigenvalue weighted by Crippen LogP contribution is 2.08. The van der Waals surface area contributed by atoms with Crippen LogP contribution in [-0.2, 0) is 0 Å². The molecule has 2 rings (SSSR count). The minimum Gasteiger partial charge on any atom is -0.298 e. The van der Waals surface area contributed by atoms with Gasteiger partial charge in [0.15, 0.2) is 0 Å². The predicted octanol–water partition coefficient (Wildman–Crippen LogP) is 2.30. The van der Waals surface area contributed by atoms with E-state index in [0.29, 0.717) is 11.3 Å². The van der Waals surface area contributed by atoms with Gasteiger partial charge in [0.1, 0.15) is 0 Å². The largest absolute Gasteiger partial charge is 0.298 e. The smallest absolute Gasteiger partial charge is 0.269 e. The maximum Gasteiger partial charge on any atom is 0.269 e. The Morgan fingerprint density at radius 2 is 1.95 bits per heavy atom. The fourth-order valence-corrected chi connectivity index (χ4v) is 1.64. The molecule has 0 radical (unpaired) electrons. The Morgan fingerprint density at radius 3 is 2.63 bits per heavy atom. The summed E-state index contributed by atoms with van der Waals surface area (Å²) < 4.78 is 0. The third-order valence-electron chi connectivity index (χ3n) is 2.73. The number of nitrogens with zero attached hydrogens (tertiary/aromatic N) is 1. The van der Waals surface area contributed by atoms with E-state index in [1.165, 1.54) is 0 Å². The molecule has 19 heavy (non-hydrogen) atoms. The molecule has 0 fully saturated rings. The fourth-order valence-electron chi connectivity index (χ4n) is 1.64. The lowest BCUT2D eigenvalue weighted by Crippen LogP contribution is -2.36. The molecule has 0 saturated heterocycles. The Bertz CT molecular complexity index is 593. The molecule has 1 aromatic heterocycles. The minimum absolute atomic E-state index is 0.192. The van der Waals surface area contributed by atoms with E-state index >= 15 is 0 Å². The summed E-state index contributed by atoms with van der Waals surface area (Å²) in [7, 11) is 0. The molecular formula is C15H15N3O. The van der Waals surface area contributed by atoms with Crippen molar-refractivity contribution < 1.29 is 4.79 Å². The molecule has 4 nitrogen and oxygen atoms in total. The van der Waals surface area contributed by atoms with Crippen LogP contribution in [0.3, 0.4) is 0 Å². The van der Waals surface area contributed by atoms with Crippen LogP contribution in [0.15, 0.2) is 55.4 Å². The van der Waals surface area contributed by atoms with E-state index < -0.39 is 0 Å². The second-order valence-electron chi connectivity index (χ2n) is 4.11. The number of aromatic nitrogens is 1. The molecule has 0 atom stereocenters. The number of hydrazine groups is 1. The lowest BCUT2D eigenvalue weighted by Gasteiger charge is -2.11. The first kappa shape index (κ1) is 12.8. The molecule has 1 aromatic carbocycles. The summed E-state index contributed by atoms with van der Waals surface area (Å²) in [4.78, 5) is 16.0. The van der Waals surface area contributed by atoms with E-state index in [-0.39, 0.29) is 5.91 Å². The van der Waals surface area contributed by atoms with Crippen molar-refractivity contribution in [3.05, 3.63) is 72.1 Å². The molecule has 1 amide bonds. The number of carbonyl (C=O) groups is 1. The molecule has 0 bridgehead atoms. The van der Waals surface area contributed by atoms with Gasteiger partial charge in [0.2, 0.25) is 0 Å². The summed E-state index contributed by atoms with van der Waals surface area (Å²) in [6.07, 6.45) is 3.36. The lowest BCUT2D eigenvalue weighted by atomic mass is 10.1. The van der Waals surface area contributed by atoms with Gasteiger partial charge in [-0.05, 0) is 30.7 Å². The quantitative estimate of drug-likeness (QED) is 0.822. The number of nitrogens with one attached hydrogen (secondary N) is 2. The van der Waals surface area contributed by atoms with Gasteiger partial charge >= 0.3 is 0 Å². The van der Waals surface area contributed by atoms with Gasteiger partial charge in [-0.1, -0.05) is 24.8 Å². The van der Waals surface area contributed by atoms with Crippen molar-refractivity contribution in [1.82, 2.24) is 15.8 Å². The average molecular weight is 253 g/mol. The Kier molecular flexibility index (Phi) is 3.93. The molecule has 0 aliphatic heterocycles. The van der Waals surface area contributed by atoms with Crippen LogP contribution >= 0.6 is 0 Å². The van der Waals surface area contributed by atoms with E-state index in [1.54, 1.807) is 18.5 Å². The SMILES string of the molecule is C=C(NNC(=O)c1ccccc1C)c1cccnc1. The molecule has 0 unspecified atom stereocenters. The summed E-state index contributed by atoms with van der Waals surface area (Å²) in [5.74, 6) is -0.192. The summed E-state index contributed by atoms with van der Waals surface area (Å²) in [6, 6.07) is 11.1.